The molecule has 41 heavy (non-hydrogen) atoms. The summed E-state index contributed by atoms with van der Waals surface area (Å²) in [6.45, 7) is 1.72. The Morgan fingerprint density at radius 2 is 1.56 bits per heavy atom. The van der Waals surface area contributed by atoms with Gasteiger partial charge < -0.3 is 29.0 Å². The fraction of sp³-hybridized carbons (Fsp3) is 0.481. The molecule has 2 aromatic rings. The first-order chi connectivity index (χ1) is 19.3. The zero-order valence-corrected chi connectivity index (χ0v) is 22.2. The van der Waals surface area contributed by atoms with E-state index >= 15 is 0 Å². The SMILES string of the molecule is CCOC(Cc1ccc(OCCN(CCCCCC(F)(F)F)C(=O)Oc2ccccc2OC(F)(F)F)cc1)C(=O)O. The number of alkyl halides is 6. The van der Waals surface area contributed by atoms with E-state index in [4.69, 9.17) is 14.2 Å². The Morgan fingerprint density at radius 3 is 2.15 bits per heavy atom. The number of nitrogens with zero attached hydrogens (tertiary/aromatic N) is 1. The minimum absolute atomic E-state index is 0.0325. The van der Waals surface area contributed by atoms with Crippen LogP contribution in [0.4, 0.5) is 31.1 Å². The number of carboxylic acid groups (broad SMARTS) is 1. The molecule has 228 valence electrons. The Labute approximate surface area is 232 Å². The van der Waals surface area contributed by atoms with E-state index in [9.17, 15) is 41.0 Å². The number of hydrogen-bond acceptors (Lipinski definition) is 6. The number of halogens is 6. The number of amides is 1. The van der Waals surface area contributed by atoms with E-state index in [0.717, 1.165) is 17.0 Å². The molecular weight excluding hydrogens is 564 g/mol. The minimum Gasteiger partial charge on any atom is -0.492 e. The maximum Gasteiger partial charge on any atom is 0.573 e. The first kappa shape index (κ1) is 33.5. The van der Waals surface area contributed by atoms with Crippen molar-refractivity contribution in [2.75, 3.05) is 26.3 Å². The third-order valence-electron chi connectivity index (χ3n) is 5.54. The number of ether oxygens (including phenoxy) is 4. The molecule has 0 radical (unpaired) electrons. The van der Waals surface area contributed by atoms with Gasteiger partial charge in [0.2, 0.25) is 0 Å². The van der Waals surface area contributed by atoms with Gasteiger partial charge in [-0.1, -0.05) is 30.7 Å². The van der Waals surface area contributed by atoms with E-state index in [0.29, 0.717) is 11.3 Å². The summed E-state index contributed by atoms with van der Waals surface area (Å²) in [4.78, 5) is 25.2. The summed E-state index contributed by atoms with van der Waals surface area (Å²) >= 11 is 0. The lowest BCUT2D eigenvalue weighted by atomic mass is 10.1. The summed E-state index contributed by atoms with van der Waals surface area (Å²) in [5, 5.41) is 9.22. The van der Waals surface area contributed by atoms with Crippen molar-refractivity contribution in [1.29, 1.82) is 0 Å². The lowest BCUT2D eigenvalue weighted by Gasteiger charge is -2.23. The van der Waals surface area contributed by atoms with E-state index in [-0.39, 0.29) is 52.0 Å². The average molecular weight is 596 g/mol. The number of hydrogen-bond donors (Lipinski definition) is 1. The van der Waals surface area contributed by atoms with Gasteiger partial charge in [-0.05, 0) is 49.6 Å². The summed E-state index contributed by atoms with van der Waals surface area (Å²) in [5.74, 6) is -1.92. The van der Waals surface area contributed by atoms with Crippen LogP contribution in [0.3, 0.4) is 0 Å². The van der Waals surface area contributed by atoms with Crippen LogP contribution < -0.4 is 14.2 Å². The molecule has 0 saturated heterocycles. The summed E-state index contributed by atoms with van der Waals surface area (Å²) in [5.41, 5.74) is 0.682. The molecule has 0 aliphatic heterocycles. The molecule has 1 atom stereocenters. The number of aliphatic carboxylic acids is 1. The number of para-hydroxylation sites is 2. The van der Waals surface area contributed by atoms with Gasteiger partial charge in [0.25, 0.3) is 0 Å². The molecule has 1 N–H and O–H groups in total. The third-order valence-corrected chi connectivity index (χ3v) is 5.54. The van der Waals surface area contributed by atoms with Gasteiger partial charge >= 0.3 is 24.6 Å². The highest BCUT2D eigenvalue weighted by Crippen LogP contribution is 2.32. The molecule has 1 unspecified atom stereocenters. The fourth-order valence-corrected chi connectivity index (χ4v) is 3.63. The monoisotopic (exact) mass is 595 g/mol. The molecule has 0 saturated carbocycles. The standard InChI is InChI=1S/C27H31F6NO7/c1-2-38-23(24(35)36)18-19-10-12-20(13-11-19)39-17-16-34(15-7-3-6-14-26(28,29)30)25(37)40-21-8-4-5-9-22(21)41-27(31,32)33/h4-5,8-13,23H,2-3,6-7,14-18H2,1H3,(H,35,36). The van der Waals surface area contributed by atoms with Crippen molar-refractivity contribution < 1.29 is 60.0 Å². The van der Waals surface area contributed by atoms with Crippen molar-refractivity contribution in [1.82, 2.24) is 4.90 Å². The highest BCUT2D eigenvalue weighted by Gasteiger charge is 2.33. The first-order valence-electron chi connectivity index (χ1n) is 12.7. The van der Waals surface area contributed by atoms with Gasteiger partial charge in [-0.3, -0.25) is 0 Å². The number of benzene rings is 2. The van der Waals surface area contributed by atoms with Crippen LogP contribution in [0, 0.1) is 0 Å². The van der Waals surface area contributed by atoms with Crippen LogP contribution in [0.1, 0.15) is 38.2 Å². The van der Waals surface area contributed by atoms with Crippen molar-refractivity contribution in [2.45, 2.75) is 57.7 Å². The van der Waals surface area contributed by atoms with E-state index in [2.05, 4.69) is 4.74 Å². The highest BCUT2D eigenvalue weighted by molar-refractivity contribution is 5.73. The van der Waals surface area contributed by atoms with Gasteiger partial charge in [-0.25, -0.2) is 9.59 Å². The van der Waals surface area contributed by atoms with Crippen LogP contribution in [-0.2, 0) is 16.0 Å². The Hall–Kier alpha value is -3.68. The fourth-order valence-electron chi connectivity index (χ4n) is 3.63. The Morgan fingerprint density at radius 1 is 0.902 bits per heavy atom. The first-order valence-corrected chi connectivity index (χ1v) is 12.7. The van der Waals surface area contributed by atoms with Crippen molar-refractivity contribution in [3.8, 4) is 17.2 Å². The van der Waals surface area contributed by atoms with Crippen molar-refractivity contribution in [2.24, 2.45) is 0 Å². The van der Waals surface area contributed by atoms with Crippen LogP contribution in [0.15, 0.2) is 48.5 Å². The minimum atomic E-state index is -5.03. The molecule has 14 heteroatoms. The second-order valence-corrected chi connectivity index (χ2v) is 8.75. The van der Waals surface area contributed by atoms with Gasteiger partial charge in [-0.2, -0.15) is 13.2 Å². The smallest absolute Gasteiger partial charge is 0.492 e. The van der Waals surface area contributed by atoms with Crippen LogP contribution >= 0.6 is 0 Å². The second kappa shape index (κ2) is 15.9. The summed E-state index contributed by atoms with van der Waals surface area (Å²) in [7, 11) is 0. The van der Waals surface area contributed by atoms with Crippen LogP contribution in [0.5, 0.6) is 17.2 Å². The largest absolute Gasteiger partial charge is 0.573 e. The second-order valence-electron chi connectivity index (χ2n) is 8.75. The lowest BCUT2D eigenvalue weighted by Crippen LogP contribution is -2.37. The van der Waals surface area contributed by atoms with E-state index in [1.54, 1.807) is 31.2 Å². The molecule has 8 nitrogen and oxygen atoms in total. The summed E-state index contributed by atoms with van der Waals surface area (Å²) < 4.78 is 95.3. The average Bonchev–Trinajstić information content (AvgIpc) is 2.87. The van der Waals surface area contributed by atoms with E-state index in [1.807, 2.05) is 0 Å². The number of rotatable bonds is 16. The quantitative estimate of drug-likeness (QED) is 0.172. The summed E-state index contributed by atoms with van der Waals surface area (Å²) in [6, 6.07) is 11.1. The molecule has 0 heterocycles. The summed E-state index contributed by atoms with van der Waals surface area (Å²) in [6.07, 6.45) is -12.0. The number of carbonyl (C=O) groups excluding carboxylic acids is 1. The zero-order valence-electron chi connectivity index (χ0n) is 22.2. The maximum atomic E-state index is 12.8. The molecule has 0 fully saturated rings. The zero-order chi connectivity index (χ0) is 30.5. The van der Waals surface area contributed by atoms with Crippen molar-refractivity contribution >= 4 is 12.1 Å². The number of carbonyl (C=O) groups is 2. The Bertz CT molecular complexity index is 1090. The molecule has 0 aromatic heterocycles. The van der Waals surface area contributed by atoms with Gasteiger partial charge in [0.1, 0.15) is 12.4 Å². The molecule has 0 bridgehead atoms. The number of unbranched alkanes of at least 4 members (excludes halogenated alkanes) is 2. The van der Waals surface area contributed by atoms with Gasteiger partial charge in [-0.15, -0.1) is 13.2 Å². The molecule has 2 rings (SSSR count). The molecule has 0 aliphatic carbocycles. The predicted octanol–water partition coefficient (Wildman–Crippen LogP) is 6.62. The van der Waals surface area contributed by atoms with Gasteiger partial charge in [0.05, 0.1) is 6.54 Å². The normalized spacial score (nSPS) is 12.5. The number of carboxylic acids is 1. The predicted molar refractivity (Wildman–Crippen MR) is 134 cm³/mol. The molecular formula is C27H31F6NO7. The van der Waals surface area contributed by atoms with Crippen LogP contribution in [0.25, 0.3) is 0 Å². The third kappa shape index (κ3) is 13.5. The van der Waals surface area contributed by atoms with Crippen molar-refractivity contribution in [3.05, 3.63) is 54.1 Å². The molecule has 0 spiro atoms. The highest BCUT2D eigenvalue weighted by atomic mass is 19.4. The molecule has 0 aliphatic rings. The van der Waals surface area contributed by atoms with E-state index < -0.39 is 48.6 Å². The Balaban J connectivity index is 2.01. The lowest BCUT2D eigenvalue weighted by molar-refractivity contribution is -0.275. The maximum absolute atomic E-state index is 12.8. The van der Waals surface area contributed by atoms with Gasteiger partial charge in [0.15, 0.2) is 17.6 Å². The Kier molecular flexibility index (Phi) is 13.0. The van der Waals surface area contributed by atoms with Crippen molar-refractivity contribution in [3.63, 3.8) is 0 Å². The topological polar surface area (TPSA) is 94.5 Å². The molecule has 1 amide bonds. The van der Waals surface area contributed by atoms with Crippen LogP contribution in [-0.4, -0.2) is 67.0 Å². The molecule has 2 aromatic carbocycles. The van der Waals surface area contributed by atoms with E-state index in [1.165, 1.54) is 12.1 Å². The van der Waals surface area contributed by atoms with Gasteiger partial charge in [0, 0.05) is 26.0 Å². The van der Waals surface area contributed by atoms with Crippen LogP contribution in [0.2, 0.25) is 0 Å².